The molecule has 1 N–H and O–H groups in total. The highest BCUT2D eigenvalue weighted by Gasteiger charge is 2.10. The molecule has 0 aliphatic rings. The second-order valence-corrected chi connectivity index (χ2v) is 7.86. The quantitative estimate of drug-likeness (QED) is 0.465. The minimum atomic E-state index is -0.151. The molecule has 0 spiro atoms. The van der Waals surface area contributed by atoms with Crippen molar-refractivity contribution in [2.75, 3.05) is 6.61 Å². The molecule has 156 valence electrons. The Balaban J connectivity index is 1.56. The van der Waals surface area contributed by atoms with Crippen LogP contribution >= 0.6 is 22.9 Å². The van der Waals surface area contributed by atoms with Crippen molar-refractivity contribution in [3.8, 4) is 16.7 Å². The normalized spacial score (nSPS) is 12.0. The van der Waals surface area contributed by atoms with Gasteiger partial charge in [0.15, 0.2) is 0 Å². The van der Waals surface area contributed by atoms with Crippen LogP contribution < -0.4 is 14.8 Å². The van der Waals surface area contributed by atoms with E-state index in [1.165, 1.54) is 11.3 Å². The van der Waals surface area contributed by atoms with E-state index in [0.717, 1.165) is 11.3 Å². The molecule has 3 rings (SSSR count). The fourth-order valence-corrected chi connectivity index (χ4v) is 3.34. The molecule has 0 aliphatic carbocycles. The maximum absolute atomic E-state index is 12.2. The van der Waals surface area contributed by atoms with Crippen molar-refractivity contribution in [2.24, 2.45) is 0 Å². The third kappa shape index (κ3) is 6.30. The van der Waals surface area contributed by atoms with Gasteiger partial charge in [-0.25, -0.2) is 4.98 Å². The Morgan fingerprint density at radius 1 is 1.30 bits per heavy atom. The molecule has 3 aromatic rings. The van der Waals surface area contributed by atoms with Gasteiger partial charge in [0.25, 0.3) is 11.1 Å². The number of carbonyl (C=O) groups is 1. The number of hydrogen-bond acceptors (Lipinski definition) is 6. The zero-order chi connectivity index (χ0) is 21.3. The molecule has 0 bridgehead atoms. The molecular weight excluding hydrogens is 422 g/mol. The van der Waals surface area contributed by atoms with Gasteiger partial charge in [0.05, 0.1) is 16.5 Å². The molecule has 1 amide bonds. The summed E-state index contributed by atoms with van der Waals surface area (Å²) in [7, 11) is 0. The molecule has 0 aliphatic heterocycles. The lowest BCUT2D eigenvalue weighted by Gasteiger charge is -2.09. The van der Waals surface area contributed by atoms with E-state index in [9.17, 15) is 4.79 Å². The average molecular weight is 444 g/mol. The standard InChI is InChI=1S/C22H22ClN3O3S/c1-3-12-28-17-5-7-20(19(23)13-17)29-22-25-14-18(30-22)6-4-15(2)26-21(27)16-8-10-24-11-9-16/h4-11,13-15H,3,12H2,1-2H3,(H,26,27)/t15-/m0/s1. The van der Waals surface area contributed by atoms with Crippen molar-refractivity contribution < 1.29 is 14.3 Å². The van der Waals surface area contributed by atoms with Crippen LogP contribution in [-0.4, -0.2) is 28.5 Å². The van der Waals surface area contributed by atoms with Crippen LogP contribution in [0.5, 0.6) is 16.7 Å². The fourth-order valence-electron chi connectivity index (χ4n) is 2.44. The van der Waals surface area contributed by atoms with Gasteiger partial charge in [0.2, 0.25) is 0 Å². The lowest BCUT2D eigenvalue weighted by atomic mass is 10.2. The highest BCUT2D eigenvalue weighted by Crippen LogP contribution is 2.34. The fraction of sp³-hybridized carbons (Fsp3) is 0.227. The largest absolute Gasteiger partial charge is 0.494 e. The number of benzene rings is 1. The Labute approximate surface area is 184 Å². The van der Waals surface area contributed by atoms with E-state index in [2.05, 4.69) is 15.3 Å². The van der Waals surface area contributed by atoms with Crippen molar-refractivity contribution in [1.82, 2.24) is 15.3 Å². The van der Waals surface area contributed by atoms with E-state index < -0.39 is 0 Å². The first-order valence-corrected chi connectivity index (χ1v) is 10.7. The van der Waals surface area contributed by atoms with Crippen LogP contribution in [0, 0.1) is 0 Å². The highest BCUT2D eigenvalue weighted by atomic mass is 35.5. The molecule has 0 radical (unpaired) electrons. The molecule has 2 aromatic heterocycles. The number of nitrogens with zero attached hydrogens (tertiary/aromatic N) is 2. The van der Waals surface area contributed by atoms with Gasteiger partial charge in [0, 0.05) is 36.3 Å². The Hall–Kier alpha value is -2.90. The van der Waals surface area contributed by atoms with Crippen LogP contribution in [0.1, 0.15) is 35.5 Å². The Bertz CT molecular complexity index is 1010. The summed E-state index contributed by atoms with van der Waals surface area (Å²) in [6, 6.07) is 8.51. The number of aromatic nitrogens is 2. The summed E-state index contributed by atoms with van der Waals surface area (Å²) in [6.07, 6.45) is 9.60. The Kier molecular flexibility index (Phi) is 7.82. The number of pyridine rings is 1. The van der Waals surface area contributed by atoms with Crippen LogP contribution in [0.3, 0.4) is 0 Å². The molecule has 30 heavy (non-hydrogen) atoms. The predicted molar refractivity (Wildman–Crippen MR) is 120 cm³/mol. The molecule has 0 unspecified atom stereocenters. The first-order valence-electron chi connectivity index (χ1n) is 9.50. The molecular formula is C22H22ClN3O3S. The number of halogens is 1. The van der Waals surface area contributed by atoms with E-state index >= 15 is 0 Å². The van der Waals surface area contributed by atoms with Gasteiger partial charge >= 0.3 is 0 Å². The average Bonchev–Trinajstić information content (AvgIpc) is 3.20. The monoisotopic (exact) mass is 443 g/mol. The molecule has 2 heterocycles. The van der Waals surface area contributed by atoms with Crippen LogP contribution in [0.15, 0.2) is 55.0 Å². The third-order valence-electron chi connectivity index (χ3n) is 3.93. The summed E-state index contributed by atoms with van der Waals surface area (Å²) < 4.78 is 11.3. The molecule has 0 fully saturated rings. The first-order chi connectivity index (χ1) is 14.5. The topological polar surface area (TPSA) is 73.3 Å². The van der Waals surface area contributed by atoms with Gasteiger partial charge in [-0.1, -0.05) is 35.9 Å². The van der Waals surface area contributed by atoms with Crippen LogP contribution in [-0.2, 0) is 0 Å². The number of thiazole rings is 1. The lowest BCUT2D eigenvalue weighted by molar-refractivity contribution is 0.0947. The molecule has 6 nitrogen and oxygen atoms in total. The Morgan fingerprint density at radius 3 is 2.83 bits per heavy atom. The lowest BCUT2D eigenvalue weighted by Crippen LogP contribution is -2.30. The summed E-state index contributed by atoms with van der Waals surface area (Å²) in [6.45, 7) is 4.58. The van der Waals surface area contributed by atoms with E-state index in [0.29, 0.717) is 33.9 Å². The van der Waals surface area contributed by atoms with E-state index in [-0.39, 0.29) is 11.9 Å². The van der Waals surface area contributed by atoms with Gasteiger partial charge < -0.3 is 14.8 Å². The van der Waals surface area contributed by atoms with E-state index in [4.69, 9.17) is 21.1 Å². The minimum absolute atomic E-state index is 0.149. The maximum atomic E-state index is 12.2. The first kappa shape index (κ1) is 21.8. The number of hydrogen-bond donors (Lipinski definition) is 1. The van der Waals surface area contributed by atoms with Crippen molar-refractivity contribution >= 4 is 34.9 Å². The summed E-state index contributed by atoms with van der Waals surface area (Å²) in [5.74, 6) is 1.08. The molecule has 1 atom stereocenters. The second kappa shape index (κ2) is 10.8. The van der Waals surface area contributed by atoms with Crippen molar-refractivity contribution in [3.63, 3.8) is 0 Å². The van der Waals surface area contributed by atoms with Gasteiger partial charge in [-0.2, -0.15) is 0 Å². The SMILES string of the molecule is CCCOc1ccc(Oc2ncc(C=C[C@H](C)NC(=O)c3ccncc3)s2)c(Cl)c1. The highest BCUT2D eigenvalue weighted by molar-refractivity contribution is 7.14. The van der Waals surface area contributed by atoms with Crippen molar-refractivity contribution in [2.45, 2.75) is 26.3 Å². The molecule has 0 saturated heterocycles. The van der Waals surface area contributed by atoms with Crippen LogP contribution in [0.25, 0.3) is 6.08 Å². The number of ether oxygens (including phenoxy) is 2. The zero-order valence-corrected chi connectivity index (χ0v) is 18.2. The van der Waals surface area contributed by atoms with Gasteiger partial charge in [-0.3, -0.25) is 9.78 Å². The minimum Gasteiger partial charge on any atom is -0.494 e. The molecule has 0 saturated carbocycles. The third-order valence-corrected chi connectivity index (χ3v) is 5.06. The van der Waals surface area contributed by atoms with Crippen LogP contribution in [0.2, 0.25) is 5.02 Å². The number of carbonyl (C=O) groups excluding carboxylic acids is 1. The zero-order valence-electron chi connectivity index (χ0n) is 16.7. The number of rotatable bonds is 9. The summed E-state index contributed by atoms with van der Waals surface area (Å²) >= 11 is 7.66. The van der Waals surface area contributed by atoms with Gasteiger partial charge in [0.1, 0.15) is 11.5 Å². The van der Waals surface area contributed by atoms with Gasteiger partial charge in [-0.15, -0.1) is 0 Å². The van der Waals surface area contributed by atoms with Gasteiger partial charge in [-0.05, 0) is 43.7 Å². The molecule has 8 heteroatoms. The summed E-state index contributed by atoms with van der Waals surface area (Å²) in [4.78, 5) is 21.2. The number of amides is 1. The van der Waals surface area contributed by atoms with E-state index in [1.54, 1.807) is 42.9 Å². The maximum Gasteiger partial charge on any atom is 0.279 e. The number of nitrogens with one attached hydrogen (secondary N) is 1. The van der Waals surface area contributed by atoms with Crippen LogP contribution in [0.4, 0.5) is 0 Å². The summed E-state index contributed by atoms with van der Waals surface area (Å²) in [5, 5.41) is 3.85. The molecule has 1 aromatic carbocycles. The summed E-state index contributed by atoms with van der Waals surface area (Å²) in [5.41, 5.74) is 0.571. The smallest absolute Gasteiger partial charge is 0.279 e. The van der Waals surface area contributed by atoms with Crippen molar-refractivity contribution in [3.05, 3.63) is 70.5 Å². The van der Waals surface area contributed by atoms with E-state index in [1.807, 2.05) is 32.1 Å². The predicted octanol–water partition coefficient (Wildman–Crippen LogP) is 5.60. The Morgan fingerprint density at radius 2 is 2.10 bits per heavy atom. The second-order valence-electron chi connectivity index (χ2n) is 6.43. The van der Waals surface area contributed by atoms with Crippen molar-refractivity contribution in [1.29, 1.82) is 0 Å².